The Kier molecular flexibility index (Phi) is 8.09. The van der Waals surface area contributed by atoms with Gasteiger partial charge in [0.2, 0.25) is 0 Å². The maximum absolute atomic E-state index is 10.1. The molecule has 1 aromatic carbocycles. The summed E-state index contributed by atoms with van der Waals surface area (Å²) >= 11 is 1.68. The van der Waals surface area contributed by atoms with Crippen LogP contribution in [0.2, 0.25) is 0 Å². The number of nitrogens with zero attached hydrogens (tertiary/aromatic N) is 1. The molecule has 0 amide bonds. The molecule has 1 atom stereocenters. The maximum atomic E-state index is 10.1. The van der Waals surface area contributed by atoms with E-state index in [4.69, 9.17) is 10.2 Å². The van der Waals surface area contributed by atoms with Crippen LogP contribution in [0.1, 0.15) is 18.1 Å². The molecular weight excluding hydrogens is 262 g/mol. The Labute approximate surface area is 119 Å². The van der Waals surface area contributed by atoms with Gasteiger partial charge in [0.05, 0.1) is 19.3 Å². The molecule has 3 N–H and O–H groups in total. The molecule has 0 saturated heterocycles. The average molecular weight is 285 g/mol. The summed E-state index contributed by atoms with van der Waals surface area (Å²) in [5.41, 5.74) is 0.908. The van der Waals surface area contributed by atoms with Gasteiger partial charge in [0, 0.05) is 24.5 Å². The number of rotatable bonds is 9. The van der Waals surface area contributed by atoms with Crippen LogP contribution in [0.15, 0.2) is 29.2 Å². The van der Waals surface area contributed by atoms with Gasteiger partial charge in [-0.2, -0.15) is 0 Å². The molecule has 1 aromatic rings. The Morgan fingerprint density at radius 3 is 2.11 bits per heavy atom. The zero-order chi connectivity index (χ0) is 14.1. The van der Waals surface area contributed by atoms with Crippen LogP contribution in [-0.2, 0) is 0 Å². The maximum Gasteiger partial charge on any atom is 0.0802 e. The molecule has 0 spiro atoms. The summed E-state index contributed by atoms with van der Waals surface area (Å²) in [5.74, 6) is 0. The van der Waals surface area contributed by atoms with Crippen molar-refractivity contribution in [1.29, 1.82) is 0 Å². The second kappa shape index (κ2) is 9.34. The topological polar surface area (TPSA) is 63.9 Å². The minimum absolute atomic E-state index is 0.0680. The van der Waals surface area contributed by atoms with Gasteiger partial charge in [-0.05, 0) is 30.4 Å². The van der Waals surface area contributed by atoms with Crippen molar-refractivity contribution in [2.45, 2.75) is 17.4 Å². The van der Waals surface area contributed by atoms with Gasteiger partial charge in [-0.15, -0.1) is 11.8 Å². The molecule has 0 bridgehead atoms. The van der Waals surface area contributed by atoms with Gasteiger partial charge in [0.25, 0.3) is 0 Å². The summed E-state index contributed by atoms with van der Waals surface area (Å²) < 4.78 is 0. The third kappa shape index (κ3) is 5.93. The van der Waals surface area contributed by atoms with Gasteiger partial charge in [-0.1, -0.05) is 12.1 Å². The number of benzene rings is 1. The van der Waals surface area contributed by atoms with E-state index in [0.29, 0.717) is 26.1 Å². The van der Waals surface area contributed by atoms with Crippen molar-refractivity contribution in [3.05, 3.63) is 29.8 Å². The van der Waals surface area contributed by atoms with Crippen LogP contribution in [0.3, 0.4) is 0 Å². The number of aliphatic hydroxyl groups excluding tert-OH is 3. The lowest BCUT2D eigenvalue weighted by atomic mass is 10.1. The second-order valence-electron chi connectivity index (χ2n) is 4.37. The first-order chi connectivity index (χ1) is 9.21. The van der Waals surface area contributed by atoms with E-state index in [9.17, 15) is 5.11 Å². The highest BCUT2D eigenvalue weighted by molar-refractivity contribution is 7.98. The molecule has 0 aromatic heterocycles. The van der Waals surface area contributed by atoms with E-state index in [0.717, 1.165) is 5.56 Å². The van der Waals surface area contributed by atoms with Crippen LogP contribution >= 0.6 is 11.8 Å². The molecule has 1 unspecified atom stereocenters. The van der Waals surface area contributed by atoms with E-state index in [2.05, 4.69) is 0 Å². The summed E-state index contributed by atoms with van der Waals surface area (Å²) in [4.78, 5) is 3.12. The molecule has 0 aliphatic rings. The van der Waals surface area contributed by atoms with E-state index in [1.165, 1.54) is 4.90 Å². The number of aliphatic hydroxyl groups is 3. The molecule has 0 heterocycles. The summed E-state index contributed by atoms with van der Waals surface area (Å²) in [5, 5.41) is 27.9. The first-order valence-electron chi connectivity index (χ1n) is 6.47. The fourth-order valence-electron chi connectivity index (χ4n) is 1.92. The average Bonchev–Trinajstić information content (AvgIpc) is 2.45. The van der Waals surface area contributed by atoms with Crippen LogP contribution in [0, 0.1) is 0 Å². The van der Waals surface area contributed by atoms with E-state index in [1.807, 2.05) is 35.4 Å². The van der Waals surface area contributed by atoms with Crippen molar-refractivity contribution in [1.82, 2.24) is 4.90 Å². The Morgan fingerprint density at radius 2 is 1.63 bits per heavy atom. The van der Waals surface area contributed by atoms with Crippen molar-refractivity contribution >= 4 is 11.8 Å². The van der Waals surface area contributed by atoms with Crippen molar-refractivity contribution in [2.24, 2.45) is 0 Å². The zero-order valence-electron chi connectivity index (χ0n) is 11.3. The van der Waals surface area contributed by atoms with Crippen LogP contribution in [0.4, 0.5) is 0 Å². The minimum atomic E-state index is -0.504. The Bertz CT molecular complexity index is 339. The molecule has 0 radical (unpaired) electrons. The van der Waals surface area contributed by atoms with Gasteiger partial charge >= 0.3 is 0 Å². The summed E-state index contributed by atoms with van der Waals surface area (Å²) in [7, 11) is 0. The van der Waals surface area contributed by atoms with Gasteiger partial charge in [0.15, 0.2) is 0 Å². The molecule has 4 nitrogen and oxygen atoms in total. The standard InChI is InChI=1S/C14H23NO3S/c1-19-13-4-2-12(3-5-13)14(18)6-7-15(8-10-16)9-11-17/h2-5,14,16-18H,6-11H2,1H3. The first kappa shape index (κ1) is 16.5. The molecule has 0 saturated carbocycles. The lowest BCUT2D eigenvalue weighted by Gasteiger charge is -2.21. The van der Waals surface area contributed by atoms with Gasteiger partial charge in [0.1, 0.15) is 0 Å². The molecular formula is C14H23NO3S. The molecule has 0 fully saturated rings. The highest BCUT2D eigenvalue weighted by Gasteiger charge is 2.10. The lowest BCUT2D eigenvalue weighted by Crippen LogP contribution is -2.31. The summed E-state index contributed by atoms with van der Waals surface area (Å²) in [6, 6.07) is 7.89. The summed E-state index contributed by atoms with van der Waals surface area (Å²) in [6.45, 7) is 1.85. The molecule has 1 rings (SSSR count). The van der Waals surface area contributed by atoms with E-state index in [-0.39, 0.29) is 13.2 Å². The van der Waals surface area contributed by atoms with Crippen LogP contribution < -0.4 is 0 Å². The monoisotopic (exact) mass is 285 g/mol. The molecule has 0 aliphatic carbocycles. The molecule has 5 heteroatoms. The SMILES string of the molecule is CSc1ccc(C(O)CCN(CCO)CCO)cc1. The minimum Gasteiger partial charge on any atom is -0.395 e. The van der Waals surface area contributed by atoms with Gasteiger partial charge < -0.3 is 15.3 Å². The lowest BCUT2D eigenvalue weighted by molar-refractivity contribution is 0.118. The smallest absolute Gasteiger partial charge is 0.0802 e. The van der Waals surface area contributed by atoms with E-state index < -0.39 is 6.10 Å². The normalized spacial score (nSPS) is 12.9. The Hall–Kier alpha value is -0.590. The molecule has 0 aliphatic heterocycles. The van der Waals surface area contributed by atoms with Crippen molar-refractivity contribution in [3.8, 4) is 0 Å². The van der Waals surface area contributed by atoms with Crippen molar-refractivity contribution in [2.75, 3.05) is 39.1 Å². The Balaban J connectivity index is 2.45. The Morgan fingerprint density at radius 1 is 1.05 bits per heavy atom. The van der Waals surface area contributed by atoms with Crippen molar-refractivity contribution in [3.63, 3.8) is 0 Å². The molecule has 19 heavy (non-hydrogen) atoms. The number of hydrogen-bond donors (Lipinski definition) is 3. The quantitative estimate of drug-likeness (QED) is 0.593. The fourth-order valence-corrected chi connectivity index (χ4v) is 2.32. The van der Waals surface area contributed by atoms with Gasteiger partial charge in [-0.25, -0.2) is 0 Å². The third-order valence-electron chi connectivity index (χ3n) is 3.05. The summed E-state index contributed by atoms with van der Waals surface area (Å²) in [6.07, 6.45) is 2.11. The number of hydrogen-bond acceptors (Lipinski definition) is 5. The fraction of sp³-hybridized carbons (Fsp3) is 0.571. The largest absolute Gasteiger partial charge is 0.395 e. The van der Waals surface area contributed by atoms with Crippen LogP contribution in [0.25, 0.3) is 0 Å². The highest BCUT2D eigenvalue weighted by atomic mass is 32.2. The van der Waals surface area contributed by atoms with E-state index >= 15 is 0 Å². The predicted octanol–water partition coefficient (Wildman–Crippen LogP) is 1.12. The zero-order valence-corrected chi connectivity index (χ0v) is 12.1. The van der Waals surface area contributed by atoms with Crippen LogP contribution in [0.5, 0.6) is 0 Å². The van der Waals surface area contributed by atoms with Crippen molar-refractivity contribution < 1.29 is 15.3 Å². The highest BCUT2D eigenvalue weighted by Crippen LogP contribution is 2.21. The first-order valence-corrected chi connectivity index (χ1v) is 7.69. The van der Waals surface area contributed by atoms with E-state index in [1.54, 1.807) is 11.8 Å². The van der Waals surface area contributed by atoms with Gasteiger partial charge in [-0.3, -0.25) is 4.90 Å². The predicted molar refractivity (Wildman–Crippen MR) is 78.4 cm³/mol. The van der Waals surface area contributed by atoms with Crippen LogP contribution in [-0.4, -0.2) is 59.3 Å². The second-order valence-corrected chi connectivity index (χ2v) is 5.25. The third-order valence-corrected chi connectivity index (χ3v) is 3.80. The number of thioether (sulfide) groups is 1. The molecule has 108 valence electrons.